The molecular weight excluding hydrogens is 430 g/mol. The van der Waals surface area contributed by atoms with Crippen molar-refractivity contribution >= 4 is 22.1 Å². The number of carboxylic acid groups (broad SMARTS) is 2. The minimum absolute atomic E-state index is 0. The van der Waals surface area contributed by atoms with E-state index in [9.17, 15) is 32.8 Å². The van der Waals surface area contributed by atoms with Crippen LogP contribution in [-0.2, 0) is 19.7 Å². The summed E-state index contributed by atoms with van der Waals surface area (Å²) in [6.45, 7) is 7.39. The van der Waals surface area contributed by atoms with Crippen LogP contribution in [-0.4, -0.2) is 30.2 Å². The van der Waals surface area contributed by atoms with E-state index < -0.39 is 44.6 Å². The number of aliphatic carboxylic acids is 2. The second-order valence-corrected chi connectivity index (χ2v) is 9.14. The maximum atomic E-state index is 12.5. The molecule has 0 aromatic rings. The van der Waals surface area contributed by atoms with E-state index >= 15 is 0 Å². The molecule has 10 heteroatoms. The quantitative estimate of drug-likeness (QED) is 0.139. The molecule has 0 saturated heterocycles. The average Bonchev–Trinajstić information content (AvgIpc) is 2.59. The molecule has 0 radical (unpaired) electrons. The number of carbonyl (C=O) groups is 2. The second kappa shape index (κ2) is 17.3. The third kappa shape index (κ3) is 9.38. The molecule has 0 amide bonds. The molecule has 0 aliphatic carbocycles. The molecule has 30 heavy (non-hydrogen) atoms. The van der Waals surface area contributed by atoms with Gasteiger partial charge in [0.05, 0.1) is 5.97 Å². The minimum atomic E-state index is -5.22. The molecule has 0 aromatic carbocycles. The number of unbranched alkanes of at least 4 members (excludes halogenated alkanes) is 4. The zero-order valence-electron chi connectivity index (χ0n) is 19.6. The number of carboxylic acids is 2. The van der Waals surface area contributed by atoms with E-state index in [1.807, 2.05) is 13.8 Å². The van der Waals surface area contributed by atoms with Crippen LogP contribution in [0.4, 0.5) is 0 Å². The average molecular weight is 467 g/mol. The van der Waals surface area contributed by atoms with E-state index in [4.69, 9.17) is 0 Å². The Morgan fingerprint density at radius 2 is 1.20 bits per heavy atom. The number of hydrogen-bond acceptors (Lipinski definition) is 6. The molecular formula is C20H36Na2O7S. The summed E-state index contributed by atoms with van der Waals surface area (Å²) in [5.74, 6) is -5.35. The van der Waals surface area contributed by atoms with Crippen LogP contribution in [0.5, 0.6) is 0 Å². The van der Waals surface area contributed by atoms with Gasteiger partial charge in [-0.3, -0.25) is 4.55 Å². The van der Waals surface area contributed by atoms with Gasteiger partial charge in [-0.2, -0.15) is 8.42 Å². The molecule has 7 nitrogen and oxygen atoms in total. The summed E-state index contributed by atoms with van der Waals surface area (Å²) in [4.78, 5) is 24.4. The molecule has 0 aliphatic rings. The summed E-state index contributed by atoms with van der Waals surface area (Å²) < 4.78 is 33.9. The molecule has 1 N–H and O–H groups in total. The molecule has 0 bridgehead atoms. The van der Waals surface area contributed by atoms with Crippen LogP contribution in [0, 0.1) is 17.3 Å². The Balaban J connectivity index is -0.00000364. The summed E-state index contributed by atoms with van der Waals surface area (Å²) in [5.41, 5.74) is -2.24. The van der Waals surface area contributed by atoms with Gasteiger partial charge < -0.3 is 19.8 Å². The molecule has 0 saturated carbocycles. The largest absolute Gasteiger partial charge is 1.00 e. The van der Waals surface area contributed by atoms with Crippen LogP contribution < -0.4 is 69.3 Å². The number of rotatable bonds is 16. The first kappa shape index (κ1) is 35.4. The monoisotopic (exact) mass is 466 g/mol. The third-order valence-corrected chi connectivity index (χ3v) is 7.13. The maximum Gasteiger partial charge on any atom is 1.00 e. The Bertz CT molecular complexity index is 578. The zero-order valence-corrected chi connectivity index (χ0v) is 24.4. The van der Waals surface area contributed by atoms with Gasteiger partial charge in [0.15, 0.2) is 0 Å². The molecule has 0 fully saturated rings. The fraction of sp³-hybridized carbons (Fsp3) is 0.900. The zero-order chi connectivity index (χ0) is 22.0. The Kier molecular flexibility index (Phi) is 20.5. The Morgan fingerprint density at radius 1 is 0.833 bits per heavy atom. The van der Waals surface area contributed by atoms with Crippen molar-refractivity contribution in [2.24, 2.45) is 17.3 Å². The Hall–Kier alpha value is 0.850. The van der Waals surface area contributed by atoms with Crippen LogP contribution in [0.2, 0.25) is 0 Å². The standard InChI is InChI=1S/C20H38O7S.2Na/c1-5-9-11-13-15(7-3)20(19(23)24,16(8-4)14-12-10-6-2)17(18(21)22)28(25,26)27;;/h15-17H,5-14H2,1-4H3,(H,21,22)(H,23,24)(H,25,26,27);;/q;2*+1/p-2. The first-order valence-electron chi connectivity index (χ1n) is 10.4. The van der Waals surface area contributed by atoms with Crippen molar-refractivity contribution in [2.75, 3.05) is 0 Å². The van der Waals surface area contributed by atoms with Crippen molar-refractivity contribution in [2.45, 2.75) is 97.2 Å². The summed E-state index contributed by atoms with van der Waals surface area (Å²) in [6, 6.07) is 0. The first-order chi connectivity index (χ1) is 13.0. The fourth-order valence-corrected chi connectivity index (χ4v) is 5.83. The second-order valence-electron chi connectivity index (χ2n) is 7.64. The molecule has 0 aliphatic heterocycles. The van der Waals surface area contributed by atoms with Gasteiger partial charge in [0.2, 0.25) is 0 Å². The van der Waals surface area contributed by atoms with Gasteiger partial charge in [0, 0.05) is 11.4 Å². The molecule has 0 rings (SSSR count). The van der Waals surface area contributed by atoms with Gasteiger partial charge in [0.25, 0.3) is 10.1 Å². The van der Waals surface area contributed by atoms with Crippen LogP contribution in [0.15, 0.2) is 0 Å². The normalized spacial score (nSPS) is 16.3. The fourth-order valence-electron chi connectivity index (χ4n) is 4.61. The molecule has 0 aromatic heterocycles. The van der Waals surface area contributed by atoms with Crippen LogP contribution in [0.25, 0.3) is 0 Å². The van der Waals surface area contributed by atoms with Crippen LogP contribution in [0.3, 0.4) is 0 Å². The Morgan fingerprint density at radius 3 is 1.40 bits per heavy atom. The van der Waals surface area contributed by atoms with Gasteiger partial charge in [0.1, 0.15) is 5.25 Å². The van der Waals surface area contributed by atoms with Gasteiger partial charge in [-0.1, -0.05) is 79.1 Å². The summed E-state index contributed by atoms with van der Waals surface area (Å²) in [5, 5.41) is 21.8. The predicted molar refractivity (Wildman–Crippen MR) is 104 cm³/mol. The van der Waals surface area contributed by atoms with Crippen LogP contribution in [0.1, 0.15) is 91.9 Å². The van der Waals surface area contributed by atoms with E-state index in [1.165, 1.54) is 0 Å². The molecule has 0 heterocycles. The third-order valence-electron chi connectivity index (χ3n) is 5.95. The van der Waals surface area contributed by atoms with Crippen molar-refractivity contribution < 1.29 is 91.9 Å². The van der Waals surface area contributed by atoms with E-state index in [-0.39, 0.29) is 72.0 Å². The van der Waals surface area contributed by atoms with E-state index in [0.29, 0.717) is 25.7 Å². The van der Waals surface area contributed by atoms with Gasteiger partial charge in [-0.25, -0.2) is 0 Å². The number of carbonyl (C=O) groups excluding carboxylic acids is 2. The van der Waals surface area contributed by atoms with Crippen molar-refractivity contribution in [3.63, 3.8) is 0 Å². The summed E-state index contributed by atoms with van der Waals surface area (Å²) in [6.07, 6.45) is 5.89. The summed E-state index contributed by atoms with van der Waals surface area (Å²) >= 11 is 0. The predicted octanol–water partition coefficient (Wildman–Crippen LogP) is -4.05. The van der Waals surface area contributed by atoms with Crippen molar-refractivity contribution in [1.29, 1.82) is 0 Å². The van der Waals surface area contributed by atoms with Gasteiger partial charge >= 0.3 is 59.1 Å². The van der Waals surface area contributed by atoms with Gasteiger partial charge in [-0.15, -0.1) is 0 Å². The topological polar surface area (TPSA) is 135 Å². The van der Waals surface area contributed by atoms with Crippen LogP contribution >= 0.6 is 0 Å². The number of hydrogen-bond donors (Lipinski definition) is 1. The molecule has 166 valence electrons. The van der Waals surface area contributed by atoms with E-state index in [2.05, 4.69) is 0 Å². The molecule has 3 unspecified atom stereocenters. The van der Waals surface area contributed by atoms with Crippen molar-refractivity contribution in [3.8, 4) is 0 Å². The Labute approximate surface area is 226 Å². The summed E-state index contributed by atoms with van der Waals surface area (Å²) in [7, 11) is -5.22. The minimum Gasteiger partial charge on any atom is -0.549 e. The SMILES string of the molecule is CCCCCC(CC)C(C(=O)[O-])(C(CC)CCCCC)C(C(=O)[O-])S(=O)(=O)O.[Na+].[Na+]. The van der Waals surface area contributed by atoms with Crippen molar-refractivity contribution in [3.05, 3.63) is 0 Å². The van der Waals surface area contributed by atoms with Crippen molar-refractivity contribution in [1.82, 2.24) is 0 Å². The smallest absolute Gasteiger partial charge is 0.549 e. The first-order valence-corrected chi connectivity index (χ1v) is 11.9. The maximum absolute atomic E-state index is 12.5. The van der Waals surface area contributed by atoms with E-state index in [1.54, 1.807) is 13.8 Å². The molecule has 3 atom stereocenters. The van der Waals surface area contributed by atoms with Gasteiger partial charge in [-0.05, 0) is 24.7 Å². The van der Waals surface area contributed by atoms with E-state index in [0.717, 1.165) is 25.7 Å². The molecule has 0 spiro atoms.